The molecule has 2 aromatic rings. The van der Waals surface area contributed by atoms with Gasteiger partial charge in [0.15, 0.2) is 0 Å². The Bertz CT molecular complexity index is 634. The summed E-state index contributed by atoms with van der Waals surface area (Å²) in [6.07, 6.45) is 0.413. The van der Waals surface area contributed by atoms with Gasteiger partial charge >= 0.3 is 0 Å². The molecule has 2 rings (SSSR count). The maximum absolute atomic E-state index is 12.0. The number of rotatable bonds is 7. The first-order valence-electron chi connectivity index (χ1n) is 7.09. The van der Waals surface area contributed by atoms with Crippen LogP contribution in [-0.2, 0) is 4.79 Å². The summed E-state index contributed by atoms with van der Waals surface area (Å²) >= 11 is 7.66. The minimum atomic E-state index is -0.0355. The summed E-state index contributed by atoms with van der Waals surface area (Å²) in [7, 11) is 0. The van der Waals surface area contributed by atoms with Gasteiger partial charge in [0.1, 0.15) is 5.75 Å². The smallest absolute Gasteiger partial charge is 0.225 e. The summed E-state index contributed by atoms with van der Waals surface area (Å²) < 4.78 is 5.49. The molecule has 5 heteroatoms. The van der Waals surface area contributed by atoms with Crippen molar-refractivity contribution in [2.45, 2.75) is 18.2 Å². The number of para-hydroxylation sites is 2. The summed E-state index contributed by atoms with van der Waals surface area (Å²) in [6.45, 7) is 2.48. The average molecular weight is 336 g/mol. The number of hydrogen-bond acceptors (Lipinski definition) is 3. The topological polar surface area (TPSA) is 38.3 Å². The van der Waals surface area contributed by atoms with Gasteiger partial charge in [0.2, 0.25) is 5.91 Å². The van der Waals surface area contributed by atoms with Crippen LogP contribution >= 0.6 is 23.4 Å². The fourth-order valence-electron chi connectivity index (χ4n) is 1.88. The predicted octanol–water partition coefficient (Wildman–Crippen LogP) is 4.86. The molecule has 0 aliphatic heterocycles. The Morgan fingerprint density at radius 3 is 2.68 bits per heavy atom. The number of amides is 1. The maximum Gasteiger partial charge on any atom is 0.225 e. The van der Waals surface area contributed by atoms with Gasteiger partial charge in [-0.2, -0.15) is 0 Å². The van der Waals surface area contributed by atoms with Crippen molar-refractivity contribution in [3.05, 3.63) is 53.6 Å². The van der Waals surface area contributed by atoms with Crippen LogP contribution in [0.5, 0.6) is 5.75 Å². The van der Waals surface area contributed by atoms with Crippen molar-refractivity contribution in [1.82, 2.24) is 0 Å². The number of nitrogens with one attached hydrogen (secondary N) is 1. The predicted molar refractivity (Wildman–Crippen MR) is 93.0 cm³/mol. The highest BCUT2D eigenvalue weighted by Gasteiger charge is 2.08. The van der Waals surface area contributed by atoms with Crippen molar-refractivity contribution in [3.63, 3.8) is 0 Å². The van der Waals surface area contributed by atoms with Gasteiger partial charge in [-0.05, 0) is 31.2 Å². The van der Waals surface area contributed by atoms with Crippen molar-refractivity contribution in [1.29, 1.82) is 0 Å². The second kappa shape index (κ2) is 8.71. The lowest BCUT2D eigenvalue weighted by molar-refractivity contribution is -0.115. The number of anilines is 1. The molecule has 0 aliphatic carbocycles. The van der Waals surface area contributed by atoms with Crippen molar-refractivity contribution in [2.24, 2.45) is 0 Å². The van der Waals surface area contributed by atoms with Crippen molar-refractivity contribution >= 4 is 35.0 Å². The fraction of sp³-hybridized carbons (Fsp3) is 0.235. The van der Waals surface area contributed by atoms with E-state index < -0.39 is 0 Å². The normalized spacial score (nSPS) is 10.3. The molecular weight excluding hydrogens is 318 g/mol. The van der Waals surface area contributed by atoms with E-state index in [0.29, 0.717) is 30.2 Å². The Kier molecular flexibility index (Phi) is 6.62. The Morgan fingerprint density at radius 2 is 1.91 bits per heavy atom. The third-order valence-electron chi connectivity index (χ3n) is 2.88. The summed E-state index contributed by atoms with van der Waals surface area (Å²) in [4.78, 5) is 13.0. The maximum atomic E-state index is 12.0. The molecule has 0 spiro atoms. The van der Waals surface area contributed by atoms with Crippen LogP contribution in [0.25, 0.3) is 0 Å². The van der Waals surface area contributed by atoms with E-state index in [9.17, 15) is 4.79 Å². The SMILES string of the molecule is CCOc1ccccc1NC(=O)CCSc1ccccc1Cl. The van der Waals surface area contributed by atoms with Crippen molar-refractivity contribution in [3.8, 4) is 5.75 Å². The summed E-state index contributed by atoms with van der Waals surface area (Å²) in [5.41, 5.74) is 0.706. The first-order chi connectivity index (χ1) is 10.7. The van der Waals surface area contributed by atoms with E-state index in [2.05, 4.69) is 5.32 Å². The number of carbonyl (C=O) groups is 1. The molecular formula is C17H18ClNO2S. The molecule has 0 radical (unpaired) electrons. The second-order valence-corrected chi connectivity index (χ2v) is 6.05. The first kappa shape index (κ1) is 16.7. The zero-order valence-electron chi connectivity index (χ0n) is 12.3. The minimum absolute atomic E-state index is 0.0355. The van der Waals surface area contributed by atoms with Crippen molar-refractivity contribution < 1.29 is 9.53 Å². The average Bonchev–Trinajstić information content (AvgIpc) is 2.51. The van der Waals surface area contributed by atoms with Crippen LogP contribution in [-0.4, -0.2) is 18.3 Å². The number of ether oxygens (including phenoxy) is 1. The van der Waals surface area contributed by atoms with E-state index >= 15 is 0 Å². The first-order valence-corrected chi connectivity index (χ1v) is 8.46. The quantitative estimate of drug-likeness (QED) is 0.734. The Balaban J connectivity index is 1.85. The van der Waals surface area contributed by atoms with E-state index in [0.717, 1.165) is 9.92 Å². The van der Waals surface area contributed by atoms with Gasteiger partial charge in [-0.3, -0.25) is 4.79 Å². The highest BCUT2D eigenvalue weighted by atomic mass is 35.5. The van der Waals surface area contributed by atoms with Crippen LogP contribution in [0.2, 0.25) is 5.02 Å². The monoisotopic (exact) mass is 335 g/mol. The molecule has 0 atom stereocenters. The second-order valence-electron chi connectivity index (χ2n) is 4.51. The standard InChI is InChI=1S/C17H18ClNO2S/c1-2-21-15-9-5-4-8-14(15)19-17(20)11-12-22-16-10-6-3-7-13(16)18/h3-10H,2,11-12H2,1H3,(H,19,20). The van der Waals surface area contributed by atoms with Gasteiger partial charge in [0, 0.05) is 17.1 Å². The van der Waals surface area contributed by atoms with Gasteiger partial charge in [-0.1, -0.05) is 35.9 Å². The van der Waals surface area contributed by atoms with Gasteiger partial charge < -0.3 is 10.1 Å². The highest BCUT2D eigenvalue weighted by molar-refractivity contribution is 7.99. The molecule has 0 aliphatic rings. The van der Waals surface area contributed by atoms with E-state index in [1.54, 1.807) is 11.8 Å². The third-order valence-corrected chi connectivity index (χ3v) is 4.40. The van der Waals surface area contributed by atoms with Crippen LogP contribution in [0.1, 0.15) is 13.3 Å². The van der Waals surface area contributed by atoms with Crippen LogP contribution in [0, 0.1) is 0 Å². The third kappa shape index (κ3) is 4.97. The van der Waals surface area contributed by atoms with Crippen LogP contribution in [0.15, 0.2) is 53.4 Å². The van der Waals surface area contributed by atoms with Crippen LogP contribution in [0.4, 0.5) is 5.69 Å². The van der Waals surface area contributed by atoms with Gasteiger partial charge in [-0.15, -0.1) is 11.8 Å². The molecule has 0 saturated carbocycles. The van der Waals surface area contributed by atoms with Crippen LogP contribution < -0.4 is 10.1 Å². The number of halogens is 1. The zero-order valence-corrected chi connectivity index (χ0v) is 13.9. The highest BCUT2D eigenvalue weighted by Crippen LogP contribution is 2.27. The van der Waals surface area contributed by atoms with E-state index in [4.69, 9.17) is 16.3 Å². The van der Waals surface area contributed by atoms with E-state index in [-0.39, 0.29) is 5.91 Å². The van der Waals surface area contributed by atoms with Gasteiger partial charge in [0.25, 0.3) is 0 Å². The van der Waals surface area contributed by atoms with Crippen LogP contribution in [0.3, 0.4) is 0 Å². The summed E-state index contributed by atoms with van der Waals surface area (Å²) in [5.74, 6) is 1.33. The lowest BCUT2D eigenvalue weighted by Gasteiger charge is -2.11. The lowest BCUT2D eigenvalue weighted by atomic mass is 10.3. The molecule has 0 bridgehead atoms. The lowest BCUT2D eigenvalue weighted by Crippen LogP contribution is -2.13. The van der Waals surface area contributed by atoms with Gasteiger partial charge in [-0.25, -0.2) is 0 Å². The van der Waals surface area contributed by atoms with E-state index in [1.807, 2.05) is 55.5 Å². The number of hydrogen-bond donors (Lipinski definition) is 1. The molecule has 0 aromatic heterocycles. The largest absolute Gasteiger partial charge is 0.492 e. The molecule has 0 saturated heterocycles. The molecule has 0 heterocycles. The molecule has 1 N–H and O–H groups in total. The molecule has 3 nitrogen and oxygen atoms in total. The summed E-state index contributed by atoms with van der Waals surface area (Å²) in [5, 5.41) is 3.60. The fourth-order valence-corrected chi connectivity index (χ4v) is 3.07. The van der Waals surface area contributed by atoms with E-state index in [1.165, 1.54) is 0 Å². The summed E-state index contributed by atoms with van der Waals surface area (Å²) in [6, 6.07) is 15.1. The Morgan fingerprint density at radius 1 is 1.18 bits per heavy atom. The minimum Gasteiger partial charge on any atom is -0.492 e. The molecule has 116 valence electrons. The Hall–Kier alpha value is -1.65. The number of benzene rings is 2. The molecule has 2 aromatic carbocycles. The molecule has 22 heavy (non-hydrogen) atoms. The van der Waals surface area contributed by atoms with Crippen molar-refractivity contribution in [2.75, 3.05) is 17.7 Å². The molecule has 0 fully saturated rings. The number of thioether (sulfide) groups is 1. The van der Waals surface area contributed by atoms with Gasteiger partial charge in [0.05, 0.1) is 17.3 Å². The zero-order chi connectivity index (χ0) is 15.8. The number of carbonyl (C=O) groups excluding carboxylic acids is 1. The molecule has 1 amide bonds. The molecule has 0 unspecified atom stereocenters. The Labute approximate surface area is 140 Å².